The van der Waals surface area contributed by atoms with Crippen LogP contribution in [0.3, 0.4) is 0 Å². The Bertz CT molecular complexity index is 189. The summed E-state index contributed by atoms with van der Waals surface area (Å²) in [5, 5.41) is 0. The summed E-state index contributed by atoms with van der Waals surface area (Å²) in [5.74, 6) is 0. The van der Waals surface area contributed by atoms with Crippen molar-refractivity contribution in [3.63, 3.8) is 0 Å². The number of rotatable bonds is 1. The van der Waals surface area contributed by atoms with E-state index in [1.807, 2.05) is 12.1 Å². The van der Waals surface area contributed by atoms with Crippen LogP contribution in [0, 0.1) is 13.0 Å². The molecule has 47 valence electrons. The lowest BCUT2D eigenvalue weighted by molar-refractivity contribution is 1.13. The van der Waals surface area contributed by atoms with Crippen molar-refractivity contribution < 1.29 is 0 Å². The van der Waals surface area contributed by atoms with Gasteiger partial charge >= 0.3 is 0 Å². The van der Waals surface area contributed by atoms with E-state index in [1.165, 1.54) is 11.1 Å². The number of aryl methyl sites for hydroxylation is 2. The van der Waals surface area contributed by atoms with E-state index in [4.69, 9.17) is 0 Å². The molecule has 0 N–H and O–H groups in total. The van der Waals surface area contributed by atoms with Crippen molar-refractivity contribution in [2.75, 3.05) is 0 Å². The molecular weight excluding hydrogens is 108 g/mol. The summed E-state index contributed by atoms with van der Waals surface area (Å²) in [6.45, 7) is 4.25. The Labute approximate surface area is 56.5 Å². The van der Waals surface area contributed by atoms with Crippen LogP contribution in [-0.2, 0) is 6.42 Å². The number of hydrogen-bond donors (Lipinski definition) is 0. The van der Waals surface area contributed by atoms with Gasteiger partial charge in [-0.25, -0.2) is 0 Å². The first-order valence-electron chi connectivity index (χ1n) is 3.29. The van der Waals surface area contributed by atoms with Crippen molar-refractivity contribution in [1.82, 2.24) is 0 Å². The molecule has 0 spiro atoms. The van der Waals surface area contributed by atoms with Gasteiger partial charge in [-0.2, -0.15) is 0 Å². The van der Waals surface area contributed by atoms with E-state index in [1.54, 1.807) is 0 Å². The lowest BCUT2D eigenvalue weighted by Gasteiger charge is -1.94. The molecule has 0 bridgehead atoms. The molecule has 0 saturated heterocycles. The molecule has 1 aromatic rings. The maximum atomic E-state index is 3.08. The molecule has 0 saturated carbocycles. The van der Waals surface area contributed by atoms with E-state index in [9.17, 15) is 0 Å². The highest BCUT2D eigenvalue weighted by Crippen LogP contribution is 2.02. The van der Waals surface area contributed by atoms with Crippen LogP contribution in [0.1, 0.15) is 18.1 Å². The van der Waals surface area contributed by atoms with Gasteiger partial charge in [-0.1, -0.05) is 30.7 Å². The highest BCUT2D eigenvalue weighted by molar-refractivity contribution is 5.20. The average Bonchev–Trinajstić information content (AvgIpc) is 1.88. The highest BCUT2D eigenvalue weighted by atomic mass is 13.9. The van der Waals surface area contributed by atoms with Gasteiger partial charge in [0.1, 0.15) is 0 Å². The van der Waals surface area contributed by atoms with E-state index in [0.29, 0.717) is 0 Å². The SMILES string of the molecule is CCc1c[c]cc(C)c1. The topological polar surface area (TPSA) is 0 Å². The minimum atomic E-state index is 1.11. The summed E-state index contributed by atoms with van der Waals surface area (Å²) in [6.07, 6.45) is 1.11. The van der Waals surface area contributed by atoms with E-state index in [2.05, 4.69) is 26.0 Å². The molecule has 1 rings (SSSR count). The third-order valence-corrected chi connectivity index (χ3v) is 1.40. The van der Waals surface area contributed by atoms with Crippen molar-refractivity contribution in [3.8, 4) is 0 Å². The molecule has 0 atom stereocenters. The number of benzene rings is 1. The van der Waals surface area contributed by atoms with Crippen molar-refractivity contribution >= 4 is 0 Å². The van der Waals surface area contributed by atoms with Crippen LogP contribution in [0.2, 0.25) is 0 Å². The zero-order valence-corrected chi connectivity index (χ0v) is 5.94. The third kappa shape index (κ3) is 1.56. The second-order valence-corrected chi connectivity index (χ2v) is 2.27. The molecule has 0 aliphatic carbocycles. The molecule has 0 fully saturated rings. The molecule has 0 aromatic heterocycles. The average molecular weight is 119 g/mol. The molecule has 9 heavy (non-hydrogen) atoms. The summed E-state index contributed by atoms with van der Waals surface area (Å²) >= 11 is 0. The van der Waals surface area contributed by atoms with Crippen LogP contribution in [0.25, 0.3) is 0 Å². The first kappa shape index (κ1) is 6.34. The normalized spacial score (nSPS) is 9.56. The van der Waals surface area contributed by atoms with E-state index >= 15 is 0 Å². The molecule has 0 aliphatic heterocycles. The van der Waals surface area contributed by atoms with Crippen LogP contribution in [0.4, 0.5) is 0 Å². The van der Waals surface area contributed by atoms with Crippen molar-refractivity contribution in [2.24, 2.45) is 0 Å². The van der Waals surface area contributed by atoms with Crippen LogP contribution < -0.4 is 0 Å². The Morgan fingerprint density at radius 3 is 2.67 bits per heavy atom. The van der Waals surface area contributed by atoms with E-state index < -0.39 is 0 Å². The zero-order valence-electron chi connectivity index (χ0n) is 5.94. The van der Waals surface area contributed by atoms with Gasteiger partial charge in [-0.05, 0) is 25.0 Å². The Morgan fingerprint density at radius 2 is 2.22 bits per heavy atom. The quantitative estimate of drug-likeness (QED) is 0.532. The van der Waals surface area contributed by atoms with Crippen molar-refractivity contribution in [3.05, 3.63) is 35.4 Å². The Hall–Kier alpha value is -0.780. The summed E-state index contributed by atoms with van der Waals surface area (Å²) < 4.78 is 0. The first-order chi connectivity index (χ1) is 4.33. The fourth-order valence-electron chi connectivity index (χ4n) is 0.860. The zero-order chi connectivity index (χ0) is 6.69. The van der Waals surface area contributed by atoms with Crippen LogP contribution in [0.15, 0.2) is 18.2 Å². The third-order valence-electron chi connectivity index (χ3n) is 1.40. The van der Waals surface area contributed by atoms with Crippen molar-refractivity contribution in [1.29, 1.82) is 0 Å². The maximum absolute atomic E-state index is 3.08. The fourth-order valence-corrected chi connectivity index (χ4v) is 0.860. The van der Waals surface area contributed by atoms with Gasteiger partial charge in [-0.15, -0.1) is 0 Å². The number of hydrogen-bond acceptors (Lipinski definition) is 0. The molecule has 1 aromatic carbocycles. The Morgan fingerprint density at radius 1 is 1.44 bits per heavy atom. The lowest BCUT2D eigenvalue weighted by atomic mass is 10.1. The second-order valence-electron chi connectivity index (χ2n) is 2.27. The molecule has 0 heterocycles. The smallest absolute Gasteiger partial charge is 0.0178 e. The van der Waals surface area contributed by atoms with Crippen LogP contribution >= 0.6 is 0 Å². The van der Waals surface area contributed by atoms with E-state index in [-0.39, 0.29) is 0 Å². The van der Waals surface area contributed by atoms with Crippen LogP contribution in [-0.4, -0.2) is 0 Å². The van der Waals surface area contributed by atoms with Gasteiger partial charge in [0.25, 0.3) is 0 Å². The lowest BCUT2D eigenvalue weighted by Crippen LogP contribution is -1.79. The molecule has 1 radical (unpaired) electrons. The van der Waals surface area contributed by atoms with Gasteiger partial charge in [0.15, 0.2) is 0 Å². The van der Waals surface area contributed by atoms with Gasteiger partial charge < -0.3 is 0 Å². The molecule has 0 unspecified atom stereocenters. The molecular formula is C9H11. The van der Waals surface area contributed by atoms with Crippen molar-refractivity contribution in [2.45, 2.75) is 20.3 Å². The Kier molecular flexibility index (Phi) is 1.88. The predicted molar refractivity (Wildman–Crippen MR) is 39.4 cm³/mol. The standard InChI is InChI=1S/C9H11/c1-3-9-6-4-5-8(2)7-9/h5-7H,3H2,1-2H3. The fraction of sp³-hybridized carbons (Fsp3) is 0.333. The second kappa shape index (κ2) is 2.67. The van der Waals surface area contributed by atoms with E-state index in [0.717, 1.165) is 6.42 Å². The summed E-state index contributed by atoms with van der Waals surface area (Å²) in [7, 11) is 0. The summed E-state index contributed by atoms with van der Waals surface area (Å²) in [4.78, 5) is 0. The summed E-state index contributed by atoms with van der Waals surface area (Å²) in [5.41, 5.74) is 2.67. The summed E-state index contributed by atoms with van der Waals surface area (Å²) in [6, 6.07) is 9.31. The Balaban J connectivity index is 2.94. The maximum Gasteiger partial charge on any atom is -0.0178 e. The first-order valence-corrected chi connectivity index (χ1v) is 3.29. The molecule has 0 nitrogen and oxygen atoms in total. The van der Waals surface area contributed by atoms with Gasteiger partial charge in [-0.3, -0.25) is 0 Å². The monoisotopic (exact) mass is 119 g/mol. The van der Waals surface area contributed by atoms with Crippen LogP contribution in [0.5, 0.6) is 0 Å². The molecule has 0 heteroatoms. The predicted octanol–water partition coefficient (Wildman–Crippen LogP) is 2.36. The van der Waals surface area contributed by atoms with Gasteiger partial charge in [0, 0.05) is 0 Å². The molecule has 0 amide bonds. The van der Waals surface area contributed by atoms with Gasteiger partial charge in [0.05, 0.1) is 0 Å². The minimum absolute atomic E-state index is 1.11. The van der Waals surface area contributed by atoms with Gasteiger partial charge in [0.2, 0.25) is 0 Å². The molecule has 0 aliphatic rings. The minimum Gasteiger partial charge on any atom is -0.0613 e. The highest BCUT2D eigenvalue weighted by Gasteiger charge is 1.86. The largest absolute Gasteiger partial charge is 0.0613 e.